The molecule has 2 N–H and O–H groups in total. The van der Waals surface area contributed by atoms with Gasteiger partial charge in [-0.1, -0.05) is 13.3 Å². The van der Waals surface area contributed by atoms with E-state index in [1.54, 1.807) is 13.2 Å². The van der Waals surface area contributed by atoms with Crippen LogP contribution < -0.4 is 15.2 Å². The quantitative estimate of drug-likeness (QED) is 0.758. The number of nitrogens with two attached hydrogens (primary N) is 1. The number of anilines is 1. The Morgan fingerprint density at radius 3 is 2.53 bits per heavy atom. The van der Waals surface area contributed by atoms with E-state index < -0.39 is 0 Å². The zero-order valence-electron chi connectivity index (χ0n) is 9.62. The van der Waals surface area contributed by atoms with Crippen LogP contribution in [0.2, 0.25) is 0 Å². The van der Waals surface area contributed by atoms with E-state index in [2.05, 4.69) is 13.8 Å². The molecule has 0 aliphatic rings. The van der Waals surface area contributed by atoms with Crippen molar-refractivity contribution in [3.05, 3.63) is 18.2 Å². The van der Waals surface area contributed by atoms with Crippen LogP contribution in [0.1, 0.15) is 26.7 Å². The van der Waals surface area contributed by atoms with Gasteiger partial charge in [-0.25, -0.2) is 0 Å². The fraction of sp³-hybridized carbons (Fsp3) is 0.500. The van der Waals surface area contributed by atoms with Gasteiger partial charge in [0.25, 0.3) is 0 Å². The first kappa shape index (κ1) is 11.7. The van der Waals surface area contributed by atoms with Crippen LogP contribution in [-0.4, -0.2) is 13.2 Å². The Hall–Kier alpha value is -1.38. The molecule has 0 radical (unpaired) electrons. The first-order chi connectivity index (χ1) is 7.15. The third-order valence-electron chi connectivity index (χ3n) is 2.17. The number of nitrogen functional groups attached to an aromatic ring is 1. The lowest BCUT2D eigenvalue weighted by Crippen LogP contribution is -2.11. The largest absolute Gasteiger partial charge is 0.497 e. The Morgan fingerprint density at radius 1 is 1.27 bits per heavy atom. The number of ether oxygens (including phenoxy) is 2. The summed E-state index contributed by atoms with van der Waals surface area (Å²) in [5.74, 6) is 1.50. The Morgan fingerprint density at radius 2 is 1.93 bits per heavy atom. The molecule has 0 aliphatic heterocycles. The van der Waals surface area contributed by atoms with Crippen molar-refractivity contribution in [3.8, 4) is 11.5 Å². The fourth-order valence-electron chi connectivity index (χ4n) is 1.48. The average molecular weight is 209 g/mol. The molecular weight excluding hydrogens is 190 g/mol. The van der Waals surface area contributed by atoms with Gasteiger partial charge in [-0.2, -0.15) is 0 Å². The van der Waals surface area contributed by atoms with Gasteiger partial charge in [-0.3, -0.25) is 0 Å². The van der Waals surface area contributed by atoms with E-state index in [9.17, 15) is 0 Å². The first-order valence-corrected chi connectivity index (χ1v) is 5.27. The molecule has 0 amide bonds. The lowest BCUT2D eigenvalue weighted by atomic mass is 10.2. The molecule has 3 nitrogen and oxygen atoms in total. The Balaban J connectivity index is 2.71. The van der Waals surface area contributed by atoms with Crippen molar-refractivity contribution in [1.29, 1.82) is 0 Å². The van der Waals surface area contributed by atoms with Crippen molar-refractivity contribution >= 4 is 5.69 Å². The molecule has 0 bridgehead atoms. The second-order valence-corrected chi connectivity index (χ2v) is 3.66. The van der Waals surface area contributed by atoms with E-state index in [4.69, 9.17) is 15.2 Å². The monoisotopic (exact) mass is 209 g/mol. The summed E-state index contributed by atoms with van der Waals surface area (Å²) in [4.78, 5) is 0. The summed E-state index contributed by atoms with van der Waals surface area (Å²) in [7, 11) is 1.62. The molecule has 1 atom stereocenters. The van der Waals surface area contributed by atoms with Gasteiger partial charge in [0, 0.05) is 23.9 Å². The summed E-state index contributed by atoms with van der Waals surface area (Å²) in [5.41, 5.74) is 6.38. The van der Waals surface area contributed by atoms with Gasteiger partial charge >= 0.3 is 0 Å². The third-order valence-corrected chi connectivity index (χ3v) is 2.17. The number of hydrogen-bond acceptors (Lipinski definition) is 3. The molecular formula is C12H19NO2. The molecule has 0 saturated heterocycles. The minimum atomic E-state index is 0.210. The smallest absolute Gasteiger partial charge is 0.125 e. The van der Waals surface area contributed by atoms with Crippen molar-refractivity contribution < 1.29 is 9.47 Å². The molecule has 0 heterocycles. The standard InChI is InChI=1S/C12H19NO2/c1-4-5-9(2)15-12-7-10(13)6-11(8-12)14-3/h6-9H,4-5,13H2,1-3H3. The summed E-state index contributed by atoms with van der Waals surface area (Å²) in [5, 5.41) is 0. The van der Waals surface area contributed by atoms with E-state index in [0.29, 0.717) is 5.69 Å². The van der Waals surface area contributed by atoms with E-state index in [1.165, 1.54) is 0 Å². The lowest BCUT2D eigenvalue weighted by Gasteiger charge is -2.14. The highest BCUT2D eigenvalue weighted by molar-refractivity contribution is 5.50. The Kier molecular flexibility index (Phi) is 4.28. The molecule has 1 unspecified atom stereocenters. The van der Waals surface area contributed by atoms with Crippen LogP contribution in [0.3, 0.4) is 0 Å². The van der Waals surface area contributed by atoms with Crippen molar-refractivity contribution in [2.45, 2.75) is 32.8 Å². The van der Waals surface area contributed by atoms with Crippen molar-refractivity contribution in [3.63, 3.8) is 0 Å². The summed E-state index contributed by atoms with van der Waals surface area (Å²) < 4.78 is 10.8. The zero-order valence-corrected chi connectivity index (χ0v) is 9.62. The number of rotatable bonds is 5. The third kappa shape index (κ3) is 3.70. The maximum absolute atomic E-state index is 5.72. The molecule has 15 heavy (non-hydrogen) atoms. The van der Waals surface area contributed by atoms with Crippen molar-refractivity contribution in [1.82, 2.24) is 0 Å². The second kappa shape index (κ2) is 5.49. The summed E-state index contributed by atoms with van der Waals surface area (Å²) in [6.07, 6.45) is 2.36. The highest BCUT2D eigenvalue weighted by Gasteiger charge is 2.05. The molecule has 1 rings (SSSR count). The summed E-state index contributed by atoms with van der Waals surface area (Å²) in [6, 6.07) is 5.44. The fourth-order valence-corrected chi connectivity index (χ4v) is 1.48. The Labute approximate surface area is 91.2 Å². The van der Waals surface area contributed by atoms with Crippen LogP contribution in [-0.2, 0) is 0 Å². The molecule has 1 aromatic rings. The molecule has 1 aromatic carbocycles. The van der Waals surface area contributed by atoms with Gasteiger partial charge in [-0.05, 0) is 13.3 Å². The maximum Gasteiger partial charge on any atom is 0.125 e. The van der Waals surface area contributed by atoms with Crippen LogP contribution in [0.4, 0.5) is 5.69 Å². The van der Waals surface area contributed by atoms with E-state index >= 15 is 0 Å². The predicted octanol–water partition coefficient (Wildman–Crippen LogP) is 2.84. The average Bonchev–Trinajstić information content (AvgIpc) is 2.17. The normalized spacial score (nSPS) is 12.2. The van der Waals surface area contributed by atoms with Crippen LogP contribution in [0, 0.1) is 0 Å². The molecule has 84 valence electrons. The SMILES string of the molecule is CCCC(C)Oc1cc(N)cc(OC)c1. The van der Waals surface area contributed by atoms with Gasteiger partial charge in [0.05, 0.1) is 13.2 Å². The van der Waals surface area contributed by atoms with Crippen LogP contribution >= 0.6 is 0 Å². The summed E-state index contributed by atoms with van der Waals surface area (Å²) >= 11 is 0. The van der Waals surface area contributed by atoms with Gasteiger partial charge in [0.2, 0.25) is 0 Å². The topological polar surface area (TPSA) is 44.5 Å². The minimum absolute atomic E-state index is 0.210. The van der Waals surface area contributed by atoms with Crippen LogP contribution in [0.5, 0.6) is 11.5 Å². The molecule has 0 aromatic heterocycles. The molecule has 0 spiro atoms. The predicted molar refractivity (Wildman–Crippen MR) is 62.4 cm³/mol. The maximum atomic E-state index is 5.72. The minimum Gasteiger partial charge on any atom is -0.497 e. The van der Waals surface area contributed by atoms with Gasteiger partial charge in [-0.15, -0.1) is 0 Å². The van der Waals surface area contributed by atoms with Gasteiger partial charge in [0.1, 0.15) is 11.5 Å². The van der Waals surface area contributed by atoms with Crippen molar-refractivity contribution in [2.24, 2.45) is 0 Å². The highest BCUT2D eigenvalue weighted by atomic mass is 16.5. The van der Waals surface area contributed by atoms with Gasteiger partial charge < -0.3 is 15.2 Å². The lowest BCUT2D eigenvalue weighted by molar-refractivity contribution is 0.209. The molecule has 0 aliphatic carbocycles. The first-order valence-electron chi connectivity index (χ1n) is 5.27. The van der Waals surface area contributed by atoms with Gasteiger partial charge in [0.15, 0.2) is 0 Å². The number of hydrogen-bond donors (Lipinski definition) is 1. The molecule has 0 fully saturated rings. The van der Waals surface area contributed by atoms with E-state index in [-0.39, 0.29) is 6.10 Å². The van der Waals surface area contributed by atoms with Crippen molar-refractivity contribution in [2.75, 3.05) is 12.8 Å². The summed E-state index contributed by atoms with van der Waals surface area (Å²) in [6.45, 7) is 4.19. The zero-order chi connectivity index (χ0) is 11.3. The molecule has 0 saturated carbocycles. The van der Waals surface area contributed by atoms with Crippen LogP contribution in [0.15, 0.2) is 18.2 Å². The second-order valence-electron chi connectivity index (χ2n) is 3.66. The van der Waals surface area contributed by atoms with Crippen LogP contribution in [0.25, 0.3) is 0 Å². The number of methoxy groups -OCH3 is 1. The Bertz CT molecular complexity index is 312. The van der Waals surface area contributed by atoms with E-state index in [0.717, 1.165) is 24.3 Å². The van der Waals surface area contributed by atoms with E-state index in [1.807, 2.05) is 12.1 Å². The highest BCUT2D eigenvalue weighted by Crippen LogP contribution is 2.25. The molecule has 3 heteroatoms. The number of benzene rings is 1.